The molecule has 0 unspecified atom stereocenters. The Balaban J connectivity index is 1.34. The van der Waals surface area contributed by atoms with Gasteiger partial charge in [-0.1, -0.05) is 48.5 Å². The second kappa shape index (κ2) is 9.24. The summed E-state index contributed by atoms with van der Waals surface area (Å²) in [5.41, 5.74) is 3.21. The van der Waals surface area contributed by atoms with Gasteiger partial charge in [-0.05, 0) is 23.8 Å². The Morgan fingerprint density at radius 3 is 2.31 bits per heavy atom. The highest BCUT2D eigenvalue weighted by atomic mass is 16.5. The highest BCUT2D eigenvalue weighted by molar-refractivity contribution is 5.79. The molecule has 0 spiro atoms. The summed E-state index contributed by atoms with van der Waals surface area (Å²) in [5, 5.41) is 0. The number of anilines is 1. The zero-order valence-corrected chi connectivity index (χ0v) is 16.4. The lowest BCUT2D eigenvalue weighted by molar-refractivity contribution is -0.130. The smallest absolute Gasteiger partial charge is 0.227 e. The molecule has 2 heterocycles. The third kappa shape index (κ3) is 4.93. The van der Waals surface area contributed by atoms with E-state index in [1.165, 1.54) is 0 Å². The summed E-state index contributed by atoms with van der Waals surface area (Å²) < 4.78 is 6.00. The standard InChI is InChI=1S/C24H25N3O2/c28-24(27-16-14-26(15-17-27)22-10-12-25-13-11-22)18-21-8-4-5-9-23(21)29-19-20-6-2-1-3-7-20/h1-13H,14-19H2. The summed E-state index contributed by atoms with van der Waals surface area (Å²) in [5.74, 6) is 0.926. The average molecular weight is 387 g/mol. The van der Waals surface area contributed by atoms with Gasteiger partial charge in [0.1, 0.15) is 12.4 Å². The number of para-hydroxylation sites is 1. The fraction of sp³-hybridized carbons (Fsp3) is 0.250. The number of aromatic nitrogens is 1. The first-order valence-electron chi connectivity index (χ1n) is 9.97. The molecular formula is C24H25N3O2. The third-order valence-electron chi connectivity index (χ3n) is 5.21. The molecule has 1 aliphatic rings. The van der Waals surface area contributed by atoms with E-state index >= 15 is 0 Å². The van der Waals surface area contributed by atoms with E-state index in [0.717, 1.165) is 48.7 Å². The number of ether oxygens (including phenoxy) is 1. The lowest BCUT2D eigenvalue weighted by Gasteiger charge is -2.36. The van der Waals surface area contributed by atoms with Crippen LogP contribution in [0.3, 0.4) is 0 Å². The van der Waals surface area contributed by atoms with Gasteiger partial charge < -0.3 is 14.5 Å². The molecule has 0 atom stereocenters. The van der Waals surface area contributed by atoms with Gasteiger partial charge >= 0.3 is 0 Å². The zero-order chi connectivity index (χ0) is 19.9. The normalized spacial score (nSPS) is 13.9. The van der Waals surface area contributed by atoms with Gasteiger partial charge in [0, 0.05) is 49.8 Å². The van der Waals surface area contributed by atoms with Crippen molar-refractivity contribution in [1.29, 1.82) is 0 Å². The summed E-state index contributed by atoms with van der Waals surface area (Å²) >= 11 is 0. The summed E-state index contributed by atoms with van der Waals surface area (Å²) in [7, 11) is 0. The average Bonchev–Trinajstić information content (AvgIpc) is 2.80. The second-order valence-electron chi connectivity index (χ2n) is 7.13. The molecule has 1 aliphatic heterocycles. The van der Waals surface area contributed by atoms with Gasteiger partial charge in [0.05, 0.1) is 6.42 Å². The lowest BCUT2D eigenvalue weighted by atomic mass is 10.1. The predicted octanol–water partition coefficient (Wildman–Crippen LogP) is 3.55. The van der Waals surface area contributed by atoms with Crippen molar-refractivity contribution in [2.24, 2.45) is 0 Å². The molecule has 0 bridgehead atoms. The van der Waals surface area contributed by atoms with Crippen LogP contribution in [-0.2, 0) is 17.8 Å². The number of hydrogen-bond donors (Lipinski definition) is 0. The van der Waals surface area contributed by atoms with Gasteiger partial charge in [-0.25, -0.2) is 0 Å². The molecule has 0 aliphatic carbocycles. The van der Waals surface area contributed by atoms with Crippen molar-refractivity contribution in [3.8, 4) is 5.75 Å². The number of carbonyl (C=O) groups excluding carboxylic acids is 1. The molecule has 0 saturated carbocycles. The molecule has 1 saturated heterocycles. The number of carbonyl (C=O) groups is 1. The van der Waals surface area contributed by atoms with Gasteiger partial charge in [-0.2, -0.15) is 0 Å². The topological polar surface area (TPSA) is 45.7 Å². The molecular weight excluding hydrogens is 362 g/mol. The predicted molar refractivity (Wildman–Crippen MR) is 114 cm³/mol. The SMILES string of the molecule is O=C(Cc1ccccc1OCc1ccccc1)N1CCN(c2ccncc2)CC1. The van der Waals surface area contributed by atoms with Crippen molar-refractivity contribution >= 4 is 11.6 Å². The molecule has 5 heteroatoms. The minimum Gasteiger partial charge on any atom is -0.489 e. The second-order valence-corrected chi connectivity index (χ2v) is 7.13. The molecule has 4 rings (SSSR count). The van der Waals surface area contributed by atoms with Gasteiger partial charge in [0.15, 0.2) is 0 Å². The Bertz CT molecular complexity index is 923. The van der Waals surface area contributed by atoms with Crippen LogP contribution in [0.25, 0.3) is 0 Å². The number of benzene rings is 2. The van der Waals surface area contributed by atoms with Crippen LogP contribution < -0.4 is 9.64 Å². The maximum Gasteiger partial charge on any atom is 0.227 e. The van der Waals surface area contributed by atoms with E-state index in [2.05, 4.69) is 9.88 Å². The van der Waals surface area contributed by atoms with Gasteiger partial charge in [-0.3, -0.25) is 9.78 Å². The van der Waals surface area contributed by atoms with Gasteiger partial charge in [-0.15, -0.1) is 0 Å². The summed E-state index contributed by atoms with van der Waals surface area (Å²) in [6.07, 6.45) is 3.97. The van der Waals surface area contributed by atoms with Crippen LogP contribution in [0.15, 0.2) is 79.1 Å². The summed E-state index contributed by atoms with van der Waals surface area (Å²) in [6.45, 7) is 3.63. The van der Waals surface area contributed by atoms with Crippen LogP contribution in [0.2, 0.25) is 0 Å². The number of piperazine rings is 1. The Morgan fingerprint density at radius 2 is 1.55 bits per heavy atom. The van der Waals surface area contributed by atoms with E-state index in [4.69, 9.17) is 4.74 Å². The quantitative estimate of drug-likeness (QED) is 0.649. The van der Waals surface area contributed by atoms with Crippen molar-refractivity contribution < 1.29 is 9.53 Å². The summed E-state index contributed by atoms with van der Waals surface area (Å²) in [4.78, 5) is 21.2. The highest BCUT2D eigenvalue weighted by Crippen LogP contribution is 2.21. The first-order valence-corrected chi connectivity index (χ1v) is 9.97. The van der Waals surface area contributed by atoms with Crippen LogP contribution in [0.4, 0.5) is 5.69 Å². The number of hydrogen-bond acceptors (Lipinski definition) is 4. The largest absolute Gasteiger partial charge is 0.489 e. The fourth-order valence-electron chi connectivity index (χ4n) is 3.57. The van der Waals surface area contributed by atoms with Crippen LogP contribution in [-0.4, -0.2) is 42.0 Å². The number of rotatable bonds is 6. The van der Waals surface area contributed by atoms with Gasteiger partial charge in [0.2, 0.25) is 5.91 Å². The molecule has 2 aromatic carbocycles. The van der Waals surface area contributed by atoms with E-state index < -0.39 is 0 Å². The molecule has 0 radical (unpaired) electrons. The Morgan fingerprint density at radius 1 is 0.862 bits per heavy atom. The first kappa shape index (κ1) is 19.0. The van der Waals surface area contributed by atoms with Crippen molar-refractivity contribution in [2.45, 2.75) is 13.0 Å². The van der Waals surface area contributed by atoms with Crippen molar-refractivity contribution in [1.82, 2.24) is 9.88 Å². The molecule has 29 heavy (non-hydrogen) atoms. The third-order valence-corrected chi connectivity index (χ3v) is 5.21. The minimum absolute atomic E-state index is 0.148. The molecule has 5 nitrogen and oxygen atoms in total. The summed E-state index contributed by atoms with van der Waals surface area (Å²) in [6, 6.07) is 21.9. The zero-order valence-electron chi connectivity index (χ0n) is 16.4. The lowest BCUT2D eigenvalue weighted by Crippen LogP contribution is -2.49. The minimum atomic E-state index is 0.148. The monoisotopic (exact) mass is 387 g/mol. The van der Waals surface area contributed by atoms with Crippen LogP contribution in [0.5, 0.6) is 5.75 Å². The molecule has 3 aromatic rings. The Hall–Kier alpha value is -3.34. The molecule has 148 valence electrons. The van der Waals surface area contributed by atoms with Crippen molar-refractivity contribution in [2.75, 3.05) is 31.1 Å². The molecule has 1 fully saturated rings. The molecule has 1 amide bonds. The van der Waals surface area contributed by atoms with Crippen LogP contribution >= 0.6 is 0 Å². The Labute approximate surface area is 171 Å². The van der Waals surface area contributed by atoms with E-state index in [1.807, 2.05) is 71.6 Å². The Kier molecular flexibility index (Phi) is 6.05. The number of amides is 1. The fourth-order valence-corrected chi connectivity index (χ4v) is 3.57. The van der Waals surface area contributed by atoms with Crippen molar-refractivity contribution in [3.05, 3.63) is 90.3 Å². The maximum absolute atomic E-state index is 12.9. The highest BCUT2D eigenvalue weighted by Gasteiger charge is 2.22. The molecule has 0 N–H and O–H groups in total. The van der Waals surface area contributed by atoms with Crippen LogP contribution in [0.1, 0.15) is 11.1 Å². The van der Waals surface area contributed by atoms with E-state index in [9.17, 15) is 4.79 Å². The van der Waals surface area contributed by atoms with E-state index in [1.54, 1.807) is 12.4 Å². The van der Waals surface area contributed by atoms with E-state index in [-0.39, 0.29) is 5.91 Å². The number of nitrogens with zero attached hydrogens (tertiary/aromatic N) is 3. The maximum atomic E-state index is 12.9. The van der Waals surface area contributed by atoms with Crippen molar-refractivity contribution in [3.63, 3.8) is 0 Å². The number of pyridine rings is 1. The first-order chi connectivity index (χ1) is 14.3. The van der Waals surface area contributed by atoms with Gasteiger partial charge in [0.25, 0.3) is 0 Å². The van der Waals surface area contributed by atoms with E-state index in [0.29, 0.717) is 13.0 Å². The molecule has 1 aromatic heterocycles. The van der Waals surface area contributed by atoms with Crippen LogP contribution in [0, 0.1) is 0 Å².